The van der Waals surface area contributed by atoms with Crippen LogP contribution >= 0.6 is 0 Å². The van der Waals surface area contributed by atoms with Crippen molar-refractivity contribution in [3.63, 3.8) is 0 Å². The van der Waals surface area contributed by atoms with Gasteiger partial charge in [0.05, 0.1) is 6.54 Å². The van der Waals surface area contributed by atoms with Gasteiger partial charge in [0.15, 0.2) is 0 Å². The smallest absolute Gasteiger partial charge is 0.252 e. The minimum absolute atomic E-state index is 0.125. The lowest BCUT2D eigenvalue weighted by atomic mass is 10.3. The minimum Gasteiger partial charge on any atom is -0.340 e. The molecule has 0 radical (unpaired) electrons. The van der Waals surface area contributed by atoms with Crippen molar-refractivity contribution >= 4 is 5.91 Å². The number of nitrogens with zero attached hydrogens (tertiary/aromatic N) is 5. The maximum Gasteiger partial charge on any atom is 0.252 e. The molecule has 0 unspecified atom stereocenters. The molecule has 0 spiro atoms. The molecular weight excluding hydrogens is 220 g/mol. The maximum atomic E-state index is 11.8. The standard InChI is InChI=1S/C10H14N6O/c11-7-9-13-8-16(14-9)4-1-10(17)15-5-2-12-3-6-15/h8,12H,1-6H2. The van der Waals surface area contributed by atoms with Gasteiger partial charge in [-0.2, -0.15) is 5.26 Å². The number of piperazine rings is 1. The number of rotatable bonds is 3. The van der Waals surface area contributed by atoms with Gasteiger partial charge < -0.3 is 10.2 Å². The summed E-state index contributed by atoms with van der Waals surface area (Å²) in [5, 5.41) is 15.7. The van der Waals surface area contributed by atoms with E-state index in [2.05, 4.69) is 15.4 Å². The van der Waals surface area contributed by atoms with Crippen molar-refractivity contribution in [3.8, 4) is 6.07 Å². The molecule has 0 bridgehead atoms. The molecule has 2 heterocycles. The SMILES string of the molecule is N#Cc1ncn(CCC(=O)N2CCNCC2)n1. The Hall–Kier alpha value is -1.94. The Morgan fingerprint density at radius 2 is 2.29 bits per heavy atom. The minimum atomic E-state index is 0.125. The van der Waals surface area contributed by atoms with Crippen molar-refractivity contribution in [1.82, 2.24) is 25.0 Å². The first-order valence-corrected chi connectivity index (χ1v) is 5.57. The highest BCUT2D eigenvalue weighted by Gasteiger charge is 2.15. The monoisotopic (exact) mass is 234 g/mol. The molecular formula is C10H14N6O. The Kier molecular flexibility index (Phi) is 3.67. The Bertz CT molecular complexity index is 428. The third-order valence-electron chi connectivity index (χ3n) is 2.66. The van der Waals surface area contributed by atoms with Gasteiger partial charge in [0.25, 0.3) is 5.82 Å². The molecule has 1 aromatic rings. The maximum absolute atomic E-state index is 11.8. The number of nitriles is 1. The van der Waals surface area contributed by atoms with Crippen molar-refractivity contribution < 1.29 is 4.79 Å². The summed E-state index contributed by atoms with van der Waals surface area (Å²) in [4.78, 5) is 17.4. The first-order chi connectivity index (χ1) is 8.29. The summed E-state index contributed by atoms with van der Waals surface area (Å²) in [6, 6.07) is 1.85. The van der Waals surface area contributed by atoms with Crippen LogP contribution < -0.4 is 5.32 Å². The number of carbonyl (C=O) groups excluding carboxylic acids is 1. The Morgan fingerprint density at radius 1 is 1.53 bits per heavy atom. The summed E-state index contributed by atoms with van der Waals surface area (Å²) in [5.41, 5.74) is 0. The van der Waals surface area contributed by atoms with E-state index in [0.29, 0.717) is 13.0 Å². The van der Waals surface area contributed by atoms with Crippen molar-refractivity contribution in [3.05, 3.63) is 12.2 Å². The normalized spacial score (nSPS) is 15.6. The largest absolute Gasteiger partial charge is 0.340 e. The summed E-state index contributed by atoms with van der Waals surface area (Å²) in [6.45, 7) is 3.71. The highest BCUT2D eigenvalue weighted by molar-refractivity contribution is 5.76. The number of hydrogen-bond acceptors (Lipinski definition) is 5. The molecule has 1 aromatic heterocycles. The van der Waals surface area contributed by atoms with Crippen LogP contribution in [0.2, 0.25) is 0 Å². The number of carbonyl (C=O) groups is 1. The van der Waals surface area contributed by atoms with E-state index in [0.717, 1.165) is 26.2 Å². The highest BCUT2D eigenvalue weighted by atomic mass is 16.2. The third kappa shape index (κ3) is 3.01. The zero-order valence-corrected chi connectivity index (χ0v) is 9.46. The van der Waals surface area contributed by atoms with Crippen LogP contribution in [0.25, 0.3) is 0 Å². The van der Waals surface area contributed by atoms with Gasteiger partial charge in [-0.25, -0.2) is 4.98 Å². The van der Waals surface area contributed by atoms with Gasteiger partial charge >= 0.3 is 0 Å². The lowest BCUT2D eigenvalue weighted by molar-refractivity contribution is -0.132. The molecule has 1 saturated heterocycles. The van der Waals surface area contributed by atoms with E-state index in [1.807, 2.05) is 11.0 Å². The van der Waals surface area contributed by atoms with E-state index in [9.17, 15) is 4.79 Å². The molecule has 0 aromatic carbocycles. The van der Waals surface area contributed by atoms with Gasteiger partial charge in [0.2, 0.25) is 5.91 Å². The molecule has 90 valence electrons. The molecule has 1 aliphatic rings. The fraction of sp³-hybridized carbons (Fsp3) is 0.600. The molecule has 2 rings (SSSR count). The molecule has 7 heteroatoms. The van der Waals surface area contributed by atoms with Gasteiger partial charge in [-0.1, -0.05) is 0 Å². The van der Waals surface area contributed by atoms with E-state index >= 15 is 0 Å². The van der Waals surface area contributed by atoms with Crippen LogP contribution in [-0.2, 0) is 11.3 Å². The van der Waals surface area contributed by atoms with Crippen molar-refractivity contribution in [1.29, 1.82) is 5.26 Å². The average Bonchev–Trinajstić information content (AvgIpc) is 2.85. The van der Waals surface area contributed by atoms with Crippen molar-refractivity contribution in [2.24, 2.45) is 0 Å². The van der Waals surface area contributed by atoms with Crippen LogP contribution in [-0.4, -0.2) is 51.8 Å². The summed E-state index contributed by atoms with van der Waals surface area (Å²) in [7, 11) is 0. The average molecular weight is 234 g/mol. The number of nitrogens with one attached hydrogen (secondary N) is 1. The van der Waals surface area contributed by atoms with Crippen LogP contribution in [0, 0.1) is 11.3 Å². The summed E-state index contributed by atoms with van der Waals surface area (Å²) in [6.07, 6.45) is 1.87. The number of amides is 1. The zero-order valence-electron chi connectivity index (χ0n) is 9.46. The fourth-order valence-corrected chi connectivity index (χ4v) is 1.74. The third-order valence-corrected chi connectivity index (χ3v) is 2.66. The van der Waals surface area contributed by atoms with E-state index in [-0.39, 0.29) is 11.7 Å². The molecule has 7 nitrogen and oxygen atoms in total. The van der Waals surface area contributed by atoms with E-state index in [1.165, 1.54) is 11.0 Å². The first-order valence-electron chi connectivity index (χ1n) is 5.57. The number of hydrogen-bond donors (Lipinski definition) is 1. The van der Waals surface area contributed by atoms with Crippen LogP contribution in [0.15, 0.2) is 6.33 Å². The van der Waals surface area contributed by atoms with E-state index < -0.39 is 0 Å². The summed E-state index contributed by atoms with van der Waals surface area (Å²) < 4.78 is 1.53. The van der Waals surface area contributed by atoms with E-state index in [1.54, 1.807) is 0 Å². The Labute approximate surface area is 99.0 Å². The quantitative estimate of drug-likeness (QED) is 0.722. The molecule has 0 saturated carbocycles. The Balaban J connectivity index is 1.81. The molecule has 1 amide bonds. The van der Waals surface area contributed by atoms with E-state index in [4.69, 9.17) is 5.26 Å². The molecule has 1 N–H and O–H groups in total. The first kappa shape index (κ1) is 11.5. The molecule has 0 atom stereocenters. The topological polar surface area (TPSA) is 86.8 Å². The summed E-state index contributed by atoms with van der Waals surface area (Å²) in [5.74, 6) is 0.264. The summed E-state index contributed by atoms with van der Waals surface area (Å²) >= 11 is 0. The predicted octanol–water partition coefficient (Wildman–Crippen LogP) is -1.03. The van der Waals surface area contributed by atoms with Gasteiger partial charge in [0.1, 0.15) is 12.4 Å². The number of aryl methyl sites for hydroxylation is 1. The van der Waals surface area contributed by atoms with Gasteiger partial charge in [0, 0.05) is 32.6 Å². The van der Waals surface area contributed by atoms with Crippen LogP contribution in [0.4, 0.5) is 0 Å². The lowest BCUT2D eigenvalue weighted by Crippen LogP contribution is -2.46. The van der Waals surface area contributed by atoms with Gasteiger partial charge in [-0.15, -0.1) is 5.10 Å². The molecule has 1 aliphatic heterocycles. The molecule has 17 heavy (non-hydrogen) atoms. The second-order valence-corrected chi connectivity index (χ2v) is 3.82. The second-order valence-electron chi connectivity index (χ2n) is 3.82. The van der Waals surface area contributed by atoms with Gasteiger partial charge in [-0.3, -0.25) is 9.48 Å². The highest BCUT2D eigenvalue weighted by Crippen LogP contribution is 1.99. The molecule has 0 aliphatic carbocycles. The van der Waals surface area contributed by atoms with Crippen LogP contribution in [0.3, 0.4) is 0 Å². The Morgan fingerprint density at radius 3 is 2.94 bits per heavy atom. The zero-order chi connectivity index (χ0) is 12.1. The lowest BCUT2D eigenvalue weighted by Gasteiger charge is -2.27. The van der Waals surface area contributed by atoms with Crippen molar-refractivity contribution in [2.45, 2.75) is 13.0 Å². The second kappa shape index (κ2) is 5.41. The van der Waals surface area contributed by atoms with Crippen LogP contribution in [0.1, 0.15) is 12.2 Å². The molecule has 1 fully saturated rings. The van der Waals surface area contributed by atoms with Gasteiger partial charge in [-0.05, 0) is 0 Å². The van der Waals surface area contributed by atoms with Crippen LogP contribution in [0.5, 0.6) is 0 Å². The predicted molar refractivity (Wildman–Crippen MR) is 58.8 cm³/mol. The fourth-order valence-electron chi connectivity index (χ4n) is 1.74. The van der Waals surface area contributed by atoms with Crippen molar-refractivity contribution in [2.75, 3.05) is 26.2 Å². The number of aromatic nitrogens is 3.